The SMILES string of the molecule is O=C(/C(=N\N=C/c1c[nH]c2ccccc12)c1ccccc1)c1ccccc1. The largest absolute Gasteiger partial charge is 0.361 e. The van der Waals surface area contributed by atoms with Gasteiger partial charge >= 0.3 is 0 Å². The Balaban J connectivity index is 1.71. The highest BCUT2D eigenvalue weighted by atomic mass is 16.1. The fourth-order valence-corrected chi connectivity index (χ4v) is 2.91. The number of para-hydroxylation sites is 1. The average molecular weight is 351 g/mol. The number of fused-ring (bicyclic) bond motifs is 1. The molecule has 0 unspecified atom stereocenters. The number of aromatic nitrogens is 1. The minimum absolute atomic E-state index is 0.155. The Hall–Kier alpha value is -3.79. The lowest BCUT2D eigenvalue weighted by Crippen LogP contribution is -2.15. The van der Waals surface area contributed by atoms with Crippen molar-refractivity contribution in [3.05, 3.63) is 108 Å². The van der Waals surface area contributed by atoms with E-state index in [-0.39, 0.29) is 5.78 Å². The number of benzene rings is 3. The van der Waals surface area contributed by atoms with Crippen molar-refractivity contribution < 1.29 is 4.79 Å². The molecule has 0 fully saturated rings. The fraction of sp³-hybridized carbons (Fsp3) is 0. The number of ketones is 1. The number of carbonyl (C=O) groups excluding carboxylic acids is 1. The first-order chi connectivity index (χ1) is 13.3. The number of nitrogens with zero attached hydrogens (tertiary/aromatic N) is 2. The molecule has 0 amide bonds. The van der Waals surface area contributed by atoms with Crippen LogP contribution < -0.4 is 0 Å². The topological polar surface area (TPSA) is 57.6 Å². The maximum Gasteiger partial charge on any atom is 0.213 e. The van der Waals surface area contributed by atoms with Crippen LogP contribution in [0.4, 0.5) is 0 Å². The van der Waals surface area contributed by atoms with E-state index in [1.54, 1.807) is 18.3 Å². The van der Waals surface area contributed by atoms with Gasteiger partial charge in [-0.05, 0) is 6.07 Å². The first-order valence-electron chi connectivity index (χ1n) is 8.65. The molecular weight excluding hydrogens is 334 g/mol. The molecule has 0 aliphatic heterocycles. The molecule has 4 heteroatoms. The van der Waals surface area contributed by atoms with Gasteiger partial charge < -0.3 is 4.98 Å². The summed E-state index contributed by atoms with van der Waals surface area (Å²) in [7, 11) is 0. The summed E-state index contributed by atoms with van der Waals surface area (Å²) in [6.07, 6.45) is 3.55. The molecule has 0 saturated heterocycles. The molecule has 4 aromatic rings. The van der Waals surface area contributed by atoms with Crippen LogP contribution in [0.15, 0.2) is 101 Å². The fourth-order valence-electron chi connectivity index (χ4n) is 2.91. The number of hydrogen-bond acceptors (Lipinski definition) is 3. The summed E-state index contributed by atoms with van der Waals surface area (Å²) in [5.41, 5.74) is 3.60. The Bertz CT molecular complexity index is 1130. The molecule has 0 atom stereocenters. The standard InChI is InChI=1S/C23H17N3O/c27-23(18-11-5-2-6-12-18)22(17-9-3-1-4-10-17)26-25-16-19-15-24-21-14-8-7-13-20(19)21/h1-16,24H/b25-16-,26-22-. The Kier molecular flexibility index (Phi) is 4.70. The smallest absolute Gasteiger partial charge is 0.213 e. The molecule has 130 valence electrons. The molecule has 1 N–H and O–H groups in total. The Morgan fingerprint density at radius 2 is 1.41 bits per heavy atom. The van der Waals surface area contributed by atoms with Gasteiger partial charge in [-0.25, -0.2) is 0 Å². The van der Waals surface area contributed by atoms with Crippen molar-refractivity contribution in [1.82, 2.24) is 4.98 Å². The maximum atomic E-state index is 12.9. The maximum absolute atomic E-state index is 12.9. The molecule has 0 spiro atoms. The summed E-state index contributed by atoms with van der Waals surface area (Å²) in [5, 5.41) is 9.55. The monoisotopic (exact) mass is 351 g/mol. The second-order valence-corrected chi connectivity index (χ2v) is 6.04. The van der Waals surface area contributed by atoms with Crippen molar-refractivity contribution in [2.24, 2.45) is 10.2 Å². The van der Waals surface area contributed by atoms with Gasteiger partial charge in [0.15, 0.2) is 0 Å². The molecule has 3 aromatic carbocycles. The first-order valence-corrected chi connectivity index (χ1v) is 8.65. The van der Waals surface area contributed by atoms with Crippen LogP contribution >= 0.6 is 0 Å². The van der Waals surface area contributed by atoms with E-state index < -0.39 is 0 Å². The molecule has 0 saturated carbocycles. The summed E-state index contributed by atoms with van der Waals surface area (Å²) in [6, 6.07) is 26.5. The zero-order valence-corrected chi connectivity index (χ0v) is 14.5. The van der Waals surface area contributed by atoms with E-state index in [9.17, 15) is 4.79 Å². The van der Waals surface area contributed by atoms with Gasteiger partial charge in [-0.2, -0.15) is 5.10 Å². The van der Waals surface area contributed by atoms with Gasteiger partial charge in [-0.3, -0.25) is 4.79 Å². The highest BCUT2D eigenvalue weighted by Gasteiger charge is 2.16. The number of hydrogen-bond donors (Lipinski definition) is 1. The van der Waals surface area contributed by atoms with Gasteiger partial charge in [-0.1, -0.05) is 78.9 Å². The van der Waals surface area contributed by atoms with Gasteiger partial charge in [0.25, 0.3) is 0 Å². The third kappa shape index (κ3) is 3.60. The molecule has 4 nitrogen and oxygen atoms in total. The van der Waals surface area contributed by atoms with Crippen LogP contribution in [-0.4, -0.2) is 22.7 Å². The van der Waals surface area contributed by atoms with Gasteiger partial charge in [0.05, 0.1) is 6.21 Å². The third-order valence-electron chi connectivity index (χ3n) is 4.27. The average Bonchev–Trinajstić information content (AvgIpc) is 3.15. The summed E-state index contributed by atoms with van der Waals surface area (Å²) in [5.74, 6) is -0.155. The Morgan fingerprint density at radius 1 is 0.778 bits per heavy atom. The van der Waals surface area contributed by atoms with E-state index in [1.807, 2.05) is 79.0 Å². The zero-order valence-electron chi connectivity index (χ0n) is 14.5. The highest BCUT2D eigenvalue weighted by molar-refractivity contribution is 6.51. The van der Waals surface area contributed by atoms with Crippen LogP contribution in [0, 0.1) is 0 Å². The van der Waals surface area contributed by atoms with Crippen LogP contribution in [0.3, 0.4) is 0 Å². The van der Waals surface area contributed by atoms with Crippen LogP contribution in [0.5, 0.6) is 0 Å². The summed E-state index contributed by atoms with van der Waals surface area (Å²) in [4.78, 5) is 16.1. The Morgan fingerprint density at radius 3 is 2.15 bits per heavy atom. The van der Waals surface area contributed by atoms with Crippen molar-refractivity contribution in [3.63, 3.8) is 0 Å². The molecule has 1 aromatic heterocycles. The number of carbonyl (C=O) groups is 1. The number of rotatable bonds is 5. The van der Waals surface area contributed by atoms with Gasteiger partial charge in [0, 0.05) is 33.8 Å². The molecule has 0 bridgehead atoms. The summed E-state index contributed by atoms with van der Waals surface area (Å²) in [6.45, 7) is 0. The van der Waals surface area contributed by atoms with E-state index >= 15 is 0 Å². The molecule has 0 aliphatic carbocycles. The molecule has 4 rings (SSSR count). The van der Waals surface area contributed by atoms with E-state index in [1.165, 1.54) is 0 Å². The van der Waals surface area contributed by atoms with Crippen molar-refractivity contribution in [3.8, 4) is 0 Å². The zero-order chi connectivity index (χ0) is 18.5. The molecule has 0 aliphatic rings. The minimum Gasteiger partial charge on any atom is -0.361 e. The lowest BCUT2D eigenvalue weighted by Gasteiger charge is -2.04. The summed E-state index contributed by atoms with van der Waals surface area (Å²) >= 11 is 0. The van der Waals surface area contributed by atoms with Crippen molar-refractivity contribution in [2.45, 2.75) is 0 Å². The molecule has 1 heterocycles. The number of aromatic amines is 1. The lowest BCUT2D eigenvalue weighted by atomic mass is 10.0. The number of Topliss-reactive ketones (excluding diaryl/α,β-unsaturated/α-hetero) is 1. The van der Waals surface area contributed by atoms with E-state index in [2.05, 4.69) is 15.2 Å². The van der Waals surface area contributed by atoms with E-state index in [0.717, 1.165) is 22.0 Å². The molecule has 27 heavy (non-hydrogen) atoms. The number of nitrogens with one attached hydrogen (secondary N) is 1. The van der Waals surface area contributed by atoms with Crippen molar-refractivity contribution in [2.75, 3.05) is 0 Å². The second-order valence-electron chi connectivity index (χ2n) is 6.04. The molecular formula is C23H17N3O. The van der Waals surface area contributed by atoms with Crippen LogP contribution in [0.25, 0.3) is 10.9 Å². The van der Waals surface area contributed by atoms with Crippen molar-refractivity contribution in [1.29, 1.82) is 0 Å². The minimum atomic E-state index is -0.155. The van der Waals surface area contributed by atoms with E-state index in [0.29, 0.717) is 11.3 Å². The van der Waals surface area contributed by atoms with Crippen LogP contribution in [-0.2, 0) is 0 Å². The molecule has 0 radical (unpaired) electrons. The van der Waals surface area contributed by atoms with Crippen LogP contribution in [0.2, 0.25) is 0 Å². The van der Waals surface area contributed by atoms with Crippen molar-refractivity contribution >= 4 is 28.6 Å². The van der Waals surface area contributed by atoms with Gasteiger partial charge in [0.1, 0.15) is 5.71 Å². The van der Waals surface area contributed by atoms with Crippen LogP contribution in [0.1, 0.15) is 21.5 Å². The quantitative estimate of drug-likeness (QED) is 0.311. The Labute approximate surface area is 156 Å². The second kappa shape index (κ2) is 7.62. The predicted octanol–water partition coefficient (Wildman–Crippen LogP) is 4.87. The van der Waals surface area contributed by atoms with Gasteiger partial charge in [-0.15, -0.1) is 5.10 Å². The van der Waals surface area contributed by atoms with E-state index in [4.69, 9.17) is 0 Å². The normalized spacial score (nSPS) is 11.9. The summed E-state index contributed by atoms with van der Waals surface area (Å²) < 4.78 is 0. The predicted molar refractivity (Wildman–Crippen MR) is 110 cm³/mol. The highest BCUT2D eigenvalue weighted by Crippen LogP contribution is 2.16. The van der Waals surface area contributed by atoms with Gasteiger partial charge in [0.2, 0.25) is 5.78 Å². The third-order valence-corrected chi connectivity index (χ3v) is 4.27. The number of H-pyrrole nitrogens is 1. The lowest BCUT2D eigenvalue weighted by molar-refractivity contribution is 0.106. The first kappa shape index (κ1) is 16.7.